The van der Waals surface area contributed by atoms with Crippen LogP contribution in [0.1, 0.15) is 38.2 Å². The summed E-state index contributed by atoms with van der Waals surface area (Å²) in [6.07, 6.45) is 5.76. The van der Waals surface area contributed by atoms with Gasteiger partial charge in [-0.1, -0.05) is 42.8 Å². The number of methoxy groups -OCH3 is 1. The number of rotatable bonds is 7. The fourth-order valence-corrected chi connectivity index (χ4v) is 2.16. The highest BCUT2D eigenvalue weighted by Gasteiger charge is 2.35. The van der Waals surface area contributed by atoms with Crippen molar-refractivity contribution in [3.63, 3.8) is 0 Å². The van der Waals surface area contributed by atoms with E-state index in [1.807, 2.05) is 43.3 Å². The number of carbonyl (C=O) groups excluding carboxylic acids is 1. The maximum atomic E-state index is 12.1. The van der Waals surface area contributed by atoms with Crippen LogP contribution in [0.2, 0.25) is 0 Å². The van der Waals surface area contributed by atoms with Gasteiger partial charge in [-0.3, -0.25) is 4.79 Å². The number of unbranched alkanes of at least 4 members (excludes halogenated alkanes) is 2. The molecule has 1 rings (SSSR count). The molecule has 0 heterocycles. The largest absolute Gasteiger partial charge is 0.468 e. The Morgan fingerprint density at radius 2 is 2.00 bits per heavy atom. The first-order valence-corrected chi connectivity index (χ1v) is 6.40. The zero-order valence-electron chi connectivity index (χ0n) is 11.3. The molecule has 0 aliphatic carbocycles. The third kappa shape index (κ3) is 3.46. The van der Waals surface area contributed by atoms with E-state index in [0.29, 0.717) is 0 Å². The van der Waals surface area contributed by atoms with Crippen molar-refractivity contribution in [2.45, 2.75) is 38.0 Å². The first kappa shape index (κ1) is 14.5. The molecule has 0 N–H and O–H groups in total. The zero-order chi connectivity index (χ0) is 13.4. The number of allylic oxidation sites excluding steroid dienone is 1. The molecule has 0 aliphatic heterocycles. The second kappa shape index (κ2) is 7.00. The van der Waals surface area contributed by atoms with Gasteiger partial charge < -0.3 is 4.74 Å². The standard InChI is InChI=1S/C16H22O2/c1-4-5-6-10-13-16(2,15(17)18-3)14-11-8-7-9-12-14/h4,7-9,11-12H,1,5-6,10,13H2,2-3H3/t16-/m0/s1. The molecule has 1 aromatic rings. The number of hydrogen-bond donors (Lipinski definition) is 0. The zero-order valence-corrected chi connectivity index (χ0v) is 11.3. The third-order valence-electron chi connectivity index (χ3n) is 3.38. The van der Waals surface area contributed by atoms with Crippen LogP contribution in [0, 0.1) is 0 Å². The second-order valence-electron chi connectivity index (χ2n) is 4.72. The highest BCUT2D eigenvalue weighted by Crippen LogP contribution is 2.31. The van der Waals surface area contributed by atoms with Crippen LogP contribution in [-0.4, -0.2) is 13.1 Å². The molecule has 0 saturated carbocycles. The van der Waals surface area contributed by atoms with E-state index in [1.165, 1.54) is 7.11 Å². The van der Waals surface area contributed by atoms with Crippen molar-refractivity contribution in [3.05, 3.63) is 48.6 Å². The Hall–Kier alpha value is -1.57. The summed E-state index contributed by atoms with van der Waals surface area (Å²) in [7, 11) is 1.45. The molecule has 0 spiro atoms. The molecule has 1 aromatic carbocycles. The number of esters is 1. The molecule has 2 nitrogen and oxygen atoms in total. The van der Waals surface area contributed by atoms with E-state index in [-0.39, 0.29) is 5.97 Å². The lowest BCUT2D eigenvalue weighted by Gasteiger charge is -2.27. The second-order valence-corrected chi connectivity index (χ2v) is 4.72. The van der Waals surface area contributed by atoms with Crippen molar-refractivity contribution in [1.29, 1.82) is 0 Å². The van der Waals surface area contributed by atoms with E-state index in [2.05, 4.69) is 6.58 Å². The molecule has 0 amide bonds. The van der Waals surface area contributed by atoms with Gasteiger partial charge in [-0.05, 0) is 31.7 Å². The van der Waals surface area contributed by atoms with Crippen LogP contribution in [0.3, 0.4) is 0 Å². The fraction of sp³-hybridized carbons (Fsp3) is 0.438. The van der Waals surface area contributed by atoms with Gasteiger partial charge in [0.05, 0.1) is 12.5 Å². The fourth-order valence-electron chi connectivity index (χ4n) is 2.16. The first-order chi connectivity index (χ1) is 8.65. The van der Waals surface area contributed by atoms with Crippen LogP contribution in [0.4, 0.5) is 0 Å². The minimum atomic E-state index is -0.544. The minimum absolute atomic E-state index is 0.160. The van der Waals surface area contributed by atoms with E-state index in [4.69, 9.17) is 4.74 Å². The SMILES string of the molecule is C=CCCCC[C@](C)(C(=O)OC)c1ccccc1. The highest BCUT2D eigenvalue weighted by molar-refractivity contribution is 5.82. The van der Waals surface area contributed by atoms with Gasteiger partial charge in [-0.25, -0.2) is 0 Å². The normalized spacial score (nSPS) is 13.7. The molecule has 18 heavy (non-hydrogen) atoms. The van der Waals surface area contributed by atoms with Crippen molar-refractivity contribution in [3.8, 4) is 0 Å². The van der Waals surface area contributed by atoms with Crippen LogP contribution in [-0.2, 0) is 14.9 Å². The summed E-state index contributed by atoms with van der Waals surface area (Å²) in [5.74, 6) is -0.160. The lowest BCUT2D eigenvalue weighted by atomic mass is 9.78. The van der Waals surface area contributed by atoms with Gasteiger partial charge in [0.2, 0.25) is 0 Å². The van der Waals surface area contributed by atoms with E-state index in [0.717, 1.165) is 31.2 Å². The smallest absolute Gasteiger partial charge is 0.315 e. The number of hydrogen-bond acceptors (Lipinski definition) is 2. The van der Waals surface area contributed by atoms with Gasteiger partial charge in [0.15, 0.2) is 0 Å². The van der Waals surface area contributed by atoms with Crippen LogP contribution in [0.5, 0.6) is 0 Å². The Bertz CT molecular complexity index is 383. The van der Waals surface area contributed by atoms with E-state index in [1.54, 1.807) is 0 Å². The Balaban J connectivity index is 2.82. The quantitative estimate of drug-likeness (QED) is 0.415. The van der Waals surface area contributed by atoms with Crippen molar-refractivity contribution in [2.24, 2.45) is 0 Å². The summed E-state index contributed by atoms with van der Waals surface area (Å²) in [5, 5.41) is 0. The van der Waals surface area contributed by atoms with Crippen LogP contribution >= 0.6 is 0 Å². The van der Waals surface area contributed by atoms with Gasteiger partial charge in [0.25, 0.3) is 0 Å². The average molecular weight is 246 g/mol. The molecule has 0 bridgehead atoms. The van der Waals surface area contributed by atoms with Gasteiger partial charge in [0.1, 0.15) is 0 Å². The lowest BCUT2D eigenvalue weighted by molar-refractivity contribution is -0.147. The van der Waals surface area contributed by atoms with Crippen LogP contribution in [0.25, 0.3) is 0 Å². The molecule has 0 aromatic heterocycles. The van der Waals surface area contributed by atoms with Crippen molar-refractivity contribution >= 4 is 5.97 Å². The molecule has 0 unspecified atom stereocenters. The Labute approximate surface area is 110 Å². The summed E-state index contributed by atoms with van der Waals surface area (Å²) in [6, 6.07) is 9.86. The van der Waals surface area contributed by atoms with Gasteiger partial charge in [-0.15, -0.1) is 6.58 Å². The molecule has 0 fully saturated rings. The molecule has 1 atom stereocenters. The van der Waals surface area contributed by atoms with Gasteiger partial charge >= 0.3 is 5.97 Å². The third-order valence-corrected chi connectivity index (χ3v) is 3.38. The van der Waals surface area contributed by atoms with E-state index >= 15 is 0 Å². The average Bonchev–Trinajstić information content (AvgIpc) is 2.43. The lowest BCUT2D eigenvalue weighted by Crippen LogP contribution is -2.33. The summed E-state index contributed by atoms with van der Waals surface area (Å²) in [5.41, 5.74) is 0.479. The summed E-state index contributed by atoms with van der Waals surface area (Å²) >= 11 is 0. The molecule has 0 aliphatic rings. The van der Waals surface area contributed by atoms with Crippen molar-refractivity contribution in [2.75, 3.05) is 7.11 Å². The molecule has 0 radical (unpaired) electrons. The molecular formula is C16H22O2. The number of ether oxygens (including phenoxy) is 1. The molecule has 98 valence electrons. The molecule has 2 heteroatoms. The summed E-state index contributed by atoms with van der Waals surface area (Å²) in [6.45, 7) is 5.67. The van der Waals surface area contributed by atoms with E-state index < -0.39 is 5.41 Å². The summed E-state index contributed by atoms with van der Waals surface area (Å²) in [4.78, 5) is 12.1. The van der Waals surface area contributed by atoms with Crippen LogP contribution in [0.15, 0.2) is 43.0 Å². The van der Waals surface area contributed by atoms with Gasteiger partial charge in [-0.2, -0.15) is 0 Å². The predicted octanol–water partition coefficient (Wildman–Crippen LogP) is 3.86. The molecule has 0 saturated heterocycles. The Morgan fingerprint density at radius 3 is 2.56 bits per heavy atom. The Kier molecular flexibility index (Phi) is 5.63. The highest BCUT2D eigenvalue weighted by atomic mass is 16.5. The van der Waals surface area contributed by atoms with Crippen molar-refractivity contribution < 1.29 is 9.53 Å². The van der Waals surface area contributed by atoms with Gasteiger partial charge in [0, 0.05) is 0 Å². The minimum Gasteiger partial charge on any atom is -0.468 e. The van der Waals surface area contributed by atoms with Crippen molar-refractivity contribution in [1.82, 2.24) is 0 Å². The van der Waals surface area contributed by atoms with E-state index in [9.17, 15) is 4.79 Å². The maximum Gasteiger partial charge on any atom is 0.315 e. The first-order valence-electron chi connectivity index (χ1n) is 6.40. The number of benzene rings is 1. The maximum absolute atomic E-state index is 12.1. The van der Waals surface area contributed by atoms with Crippen LogP contribution < -0.4 is 0 Å². The monoisotopic (exact) mass is 246 g/mol. The molecular weight excluding hydrogens is 224 g/mol. The predicted molar refractivity (Wildman–Crippen MR) is 74.5 cm³/mol. The topological polar surface area (TPSA) is 26.3 Å². The summed E-state index contributed by atoms with van der Waals surface area (Å²) < 4.78 is 4.97. The Morgan fingerprint density at radius 1 is 1.33 bits per heavy atom. The number of carbonyl (C=O) groups is 1.